The number of carbonyl (C=O) groups is 3. The Bertz CT molecular complexity index is 1030. The van der Waals surface area contributed by atoms with Crippen LogP contribution in [-0.4, -0.2) is 56.4 Å². The first kappa shape index (κ1) is 29.8. The van der Waals surface area contributed by atoms with E-state index in [0.29, 0.717) is 16.7 Å². The second kappa shape index (κ2) is 14.3. The van der Waals surface area contributed by atoms with Gasteiger partial charge in [-0.15, -0.1) is 0 Å². The SMILES string of the molecule is C1C[NH2+]CCN1.Cc1ccc(C(=O)OCc2ccc([C@@H](CNC(=O)OC(C)(C)C)C(=O)[O-])cc2)c(C)c1. The van der Waals surface area contributed by atoms with Crippen molar-refractivity contribution < 1.29 is 34.3 Å². The molecule has 2 aromatic rings. The minimum Gasteiger partial charge on any atom is -0.549 e. The third-order valence-corrected chi connectivity index (χ3v) is 5.54. The Morgan fingerprint density at radius 1 is 1.05 bits per heavy atom. The average Bonchev–Trinajstić information content (AvgIpc) is 2.83. The summed E-state index contributed by atoms with van der Waals surface area (Å²) >= 11 is 0. The van der Waals surface area contributed by atoms with E-state index in [4.69, 9.17) is 9.47 Å². The first-order valence-electron chi connectivity index (χ1n) is 12.5. The molecule has 9 heteroatoms. The maximum absolute atomic E-state index is 12.3. The van der Waals surface area contributed by atoms with Crippen molar-refractivity contribution in [1.82, 2.24) is 10.6 Å². The molecule has 202 valence electrons. The summed E-state index contributed by atoms with van der Waals surface area (Å²) in [6.07, 6.45) is -0.700. The quantitative estimate of drug-likeness (QED) is 0.473. The van der Waals surface area contributed by atoms with Gasteiger partial charge in [-0.1, -0.05) is 42.0 Å². The summed E-state index contributed by atoms with van der Waals surface area (Å²) in [7, 11) is 0. The molecule has 37 heavy (non-hydrogen) atoms. The van der Waals surface area contributed by atoms with E-state index in [1.165, 1.54) is 26.2 Å². The fourth-order valence-electron chi connectivity index (χ4n) is 3.63. The van der Waals surface area contributed by atoms with Crippen molar-refractivity contribution in [3.05, 3.63) is 70.3 Å². The topological polar surface area (TPSA) is 133 Å². The Kier molecular flexibility index (Phi) is 11.6. The number of carboxylic acid groups (broad SMARTS) is 1. The molecule has 3 rings (SSSR count). The number of alkyl carbamates (subject to hydrolysis) is 1. The van der Waals surface area contributed by atoms with Crippen LogP contribution in [0.15, 0.2) is 42.5 Å². The second-order valence-electron chi connectivity index (χ2n) is 10.0. The molecule has 0 radical (unpaired) electrons. The Balaban J connectivity index is 0.000000700. The normalized spacial score (nSPS) is 14.0. The van der Waals surface area contributed by atoms with Crippen molar-refractivity contribution in [2.24, 2.45) is 0 Å². The van der Waals surface area contributed by atoms with Gasteiger partial charge < -0.3 is 35.3 Å². The first-order valence-corrected chi connectivity index (χ1v) is 12.5. The summed E-state index contributed by atoms with van der Waals surface area (Å²) in [4.78, 5) is 35.6. The lowest BCUT2D eigenvalue weighted by atomic mass is 9.98. The van der Waals surface area contributed by atoms with Crippen LogP contribution >= 0.6 is 0 Å². The molecule has 0 aromatic heterocycles. The number of rotatable bonds is 7. The number of carboxylic acids is 1. The van der Waals surface area contributed by atoms with Gasteiger partial charge in [0, 0.05) is 25.6 Å². The standard InChI is InChI=1S/C24H29NO6.C4H10N2/c1-15-6-11-19(16(2)12-15)22(28)30-14-17-7-9-18(10-8-17)20(21(26)27)13-25-23(29)31-24(3,4)5;1-2-6-4-3-5-1/h6-12,20H,13-14H2,1-5H3,(H,25,29)(H,26,27);5-6H,1-4H2/t20-;/m1./s1. The predicted octanol–water partition coefficient (Wildman–Crippen LogP) is 1.17. The molecule has 9 nitrogen and oxygen atoms in total. The molecule has 0 spiro atoms. The van der Waals surface area contributed by atoms with E-state index >= 15 is 0 Å². The van der Waals surface area contributed by atoms with Crippen molar-refractivity contribution >= 4 is 18.0 Å². The van der Waals surface area contributed by atoms with E-state index in [0.717, 1.165) is 11.1 Å². The van der Waals surface area contributed by atoms with Crippen LogP contribution in [0, 0.1) is 13.8 Å². The van der Waals surface area contributed by atoms with Gasteiger partial charge in [-0.2, -0.15) is 0 Å². The van der Waals surface area contributed by atoms with Gasteiger partial charge in [0.15, 0.2) is 0 Å². The average molecular weight is 514 g/mol. The fraction of sp³-hybridized carbons (Fsp3) is 0.464. The highest BCUT2D eigenvalue weighted by molar-refractivity contribution is 5.91. The summed E-state index contributed by atoms with van der Waals surface area (Å²) in [5.41, 5.74) is 2.90. The minimum atomic E-state index is -1.31. The Morgan fingerprint density at radius 3 is 2.19 bits per heavy atom. The summed E-state index contributed by atoms with van der Waals surface area (Å²) in [5, 5.41) is 19.6. The highest BCUT2D eigenvalue weighted by Crippen LogP contribution is 2.18. The third-order valence-electron chi connectivity index (χ3n) is 5.54. The van der Waals surface area contributed by atoms with Gasteiger partial charge in [0.2, 0.25) is 0 Å². The maximum Gasteiger partial charge on any atom is 0.407 e. The zero-order valence-electron chi connectivity index (χ0n) is 22.4. The zero-order valence-corrected chi connectivity index (χ0v) is 22.4. The van der Waals surface area contributed by atoms with Gasteiger partial charge in [0.05, 0.1) is 24.6 Å². The second-order valence-corrected chi connectivity index (χ2v) is 10.0. The van der Waals surface area contributed by atoms with Crippen LogP contribution in [0.5, 0.6) is 0 Å². The van der Waals surface area contributed by atoms with Crippen LogP contribution < -0.4 is 21.1 Å². The van der Waals surface area contributed by atoms with Crippen LogP contribution in [0.25, 0.3) is 0 Å². The number of piperazine rings is 1. The summed E-state index contributed by atoms with van der Waals surface area (Å²) < 4.78 is 10.5. The molecule has 0 bridgehead atoms. The number of hydrogen-bond acceptors (Lipinski definition) is 7. The van der Waals surface area contributed by atoms with E-state index < -0.39 is 29.6 Å². The van der Waals surface area contributed by atoms with Gasteiger partial charge in [-0.25, -0.2) is 9.59 Å². The number of aryl methyl sites for hydroxylation is 2. The largest absolute Gasteiger partial charge is 0.549 e. The molecule has 4 N–H and O–H groups in total. The van der Waals surface area contributed by atoms with E-state index in [1.54, 1.807) is 51.1 Å². The number of hydrogen-bond donors (Lipinski definition) is 3. The molecule has 1 saturated heterocycles. The fourth-order valence-corrected chi connectivity index (χ4v) is 3.63. The third kappa shape index (κ3) is 11.0. The Hall–Kier alpha value is -3.43. The lowest BCUT2D eigenvalue weighted by molar-refractivity contribution is -0.657. The molecule has 1 fully saturated rings. The highest BCUT2D eigenvalue weighted by atomic mass is 16.6. The lowest BCUT2D eigenvalue weighted by Gasteiger charge is -2.23. The number of quaternary nitrogens is 1. The number of aliphatic carboxylic acids is 1. The number of nitrogens with two attached hydrogens (primary N) is 1. The monoisotopic (exact) mass is 513 g/mol. The molecule has 1 amide bonds. The summed E-state index contributed by atoms with van der Waals surface area (Å²) in [6.45, 7) is 13.8. The van der Waals surface area contributed by atoms with Crippen LogP contribution in [0.1, 0.15) is 59.3 Å². The summed E-state index contributed by atoms with van der Waals surface area (Å²) in [6, 6.07) is 12.1. The van der Waals surface area contributed by atoms with Gasteiger partial charge in [0.25, 0.3) is 0 Å². The molecule has 1 aliphatic heterocycles. The van der Waals surface area contributed by atoms with E-state index in [1.807, 2.05) is 26.0 Å². The molecule has 2 aromatic carbocycles. The molecular weight excluding hydrogens is 474 g/mol. The number of carbonyl (C=O) groups excluding carboxylic acids is 3. The van der Waals surface area contributed by atoms with Crippen molar-refractivity contribution in [2.45, 2.75) is 52.7 Å². The van der Waals surface area contributed by atoms with E-state index in [2.05, 4.69) is 16.0 Å². The van der Waals surface area contributed by atoms with Gasteiger partial charge in [-0.05, 0) is 57.4 Å². The van der Waals surface area contributed by atoms with Crippen LogP contribution in [0.3, 0.4) is 0 Å². The van der Waals surface area contributed by atoms with Crippen LogP contribution in [0.2, 0.25) is 0 Å². The first-order chi connectivity index (χ1) is 17.5. The van der Waals surface area contributed by atoms with Crippen molar-refractivity contribution in [3.8, 4) is 0 Å². The molecule has 1 atom stereocenters. The maximum atomic E-state index is 12.3. The van der Waals surface area contributed by atoms with Crippen LogP contribution in [-0.2, 0) is 20.9 Å². The number of ether oxygens (including phenoxy) is 2. The van der Waals surface area contributed by atoms with Gasteiger partial charge >= 0.3 is 12.1 Å². The summed E-state index contributed by atoms with van der Waals surface area (Å²) in [5.74, 6) is -2.78. The van der Waals surface area contributed by atoms with Gasteiger partial charge in [0.1, 0.15) is 12.2 Å². The van der Waals surface area contributed by atoms with Crippen molar-refractivity contribution in [3.63, 3.8) is 0 Å². The highest BCUT2D eigenvalue weighted by Gasteiger charge is 2.19. The molecule has 0 aliphatic carbocycles. The van der Waals surface area contributed by atoms with Gasteiger partial charge in [-0.3, -0.25) is 0 Å². The number of benzene rings is 2. The zero-order chi connectivity index (χ0) is 27.4. The Morgan fingerprint density at radius 2 is 1.70 bits per heavy atom. The number of amides is 1. The van der Waals surface area contributed by atoms with Crippen molar-refractivity contribution in [1.29, 1.82) is 0 Å². The van der Waals surface area contributed by atoms with E-state index in [9.17, 15) is 19.5 Å². The minimum absolute atomic E-state index is 0.0541. The predicted molar refractivity (Wildman–Crippen MR) is 138 cm³/mol. The molecule has 0 unspecified atom stereocenters. The molecule has 0 saturated carbocycles. The molecule has 1 heterocycles. The number of nitrogens with one attached hydrogen (secondary N) is 2. The van der Waals surface area contributed by atoms with E-state index in [-0.39, 0.29) is 13.2 Å². The Labute approximate surface area is 218 Å². The lowest BCUT2D eigenvalue weighted by Crippen LogP contribution is -2.89. The van der Waals surface area contributed by atoms with Crippen LogP contribution in [0.4, 0.5) is 4.79 Å². The van der Waals surface area contributed by atoms with Crippen molar-refractivity contribution in [2.75, 3.05) is 32.7 Å². The smallest absolute Gasteiger partial charge is 0.407 e. The number of esters is 1. The molecular formula is C28H39N3O6. The molecule has 1 aliphatic rings.